The summed E-state index contributed by atoms with van der Waals surface area (Å²) in [6.45, 7) is 2.28. The molecule has 4 bridgehead atoms. The molecule has 0 aromatic carbocycles. The molecule has 0 amide bonds. The van der Waals surface area contributed by atoms with Crippen molar-refractivity contribution in [1.82, 2.24) is 0 Å². The van der Waals surface area contributed by atoms with Gasteiger partial charge in [0.15, 0.2) is 0 Å². The molecule has 96 valence electrons. The van der Waals surface area contributed by atoms with Crippen LogP contribution in [0.25, 0.3) is 0 Å². The van der Waals surface area contributed by atoms with Gasteiger partial charge in [0.1, 0.15) is 11.4 Å². The van der Waals surface area contributed by atoms with Crippen molar-refractivity contribution in [3.05, 3.63) is 0 Å². The van der Waals surface area contributed by atoms with Gasteiger partial charge in [-0.2, -0.15) is 0 Å². The Morgan fingerprint density at radius 3 is 2.47 bits per heavy atom. The molecule has 0 aromatic heterocycles. The highest BCUT2D eigenvalue weighted by Crippen LogP contribution is 2.62. The van der Waals surface area contributed by atoms with Crippen molar-refractivity contribution in [3.8, 4) is 0 Å². The highest BCUT2D eigenvalue weighted by atomic mass is 79.9. The van der Waals surface area contributed by atoms with Gasteiger partial charge in [-0.1, -0.05) is 22.9 Å². The first kappa shape index (κ1) is 12.0. The Morgan fingerprint density at radius 2 is 1.94 bits per heavy atom. The van der Waals surface area contributed by atoms with E-state index in [9.17, 15) is 4.79 Å². The van der Waals surface area contributed by atoms with E-state index in [0.717, 1.165) is 11.8 Å². The van der Waals surface area contributed by atoms with Crippen molar-refractivity contribution in [2.24, 2.45) is 23.2 Å². The van der Waals surface area contributed by atoms with E-state index < -0.39 is 0 Å². The average molecular weight is 301 g/mol. The number of hydrogen-bond acceptors (Lipinski definition) is 2. The maximum Gasteiger partial charge on any atom is 0.316 e. The van der Waals surface area contributed by atoms with Crippen LogP contribution in [-0.2, 0) is 9.53 Å². The molecule has 0 N–H and O–H groups in total. The molecule has 3 unspecified atom stereocenters. The second kappa shape index (κ2) is 4.25. The van der Waals surface area contributed by atoms with Gasteiger partial charge in [-0.3, -0.25) is 4.79 Å². The lowest BCUT2D eigenvalue weighted by molar-refractivity contribution is -0.192. The van der Waals surface area contributed by atoms with Gasteiger partial charge in [0.2, 0.25) is 0 Å². The van der Waals surface area contributed by atoms with E-state index in [-0.39, 0.29) is 12.1 Å². The van der Waals surface area contributed by atoms with Crippen LogP contribution >= 0.6 is 15.9 Å². The number of hydrogen-bond donors (Lipinski definition) is 0. The topological polar surface area (TPSA) is 26.3 Å². The van der Waals surface area contributed by atoms with Gasteiger partial charge in [-0.05, 0) is 56.3 Å². The van der Waals surface area contributed by atoms with Gasteiger partial charge in [-0.15, -0.1) is 0 Å². The Bertz CT molecular complexity index is 314. The fourth-order valence-corrected chi connectivity index (χ4v) is 5.18. The minimum Gasteiger partial charge on any atom is -0.461 e. The van der Waals surface area contributed by atoms with E-state index in [2.05, 4.69) is 22.9 Å². The SMILES string of the molecule is CCC12CC3CC(CC(C3)C1OC(=O)CBr)C2. The van der Waals surface area contributed by atoms with Gasteiger partial charge in [-0.25, -0.2) is 0 Å². The van der Waals surface area contributed by atoms with Gasteiger partial charge >= 0.3 is 5.97 Å². The summed E-state index contributed by atoms with van der Waals surface area (Å²) in [5, 5.41) is 0.336. The molecular weight excluding hydrogens is 280 g/mol. The molecule has 4 rings (SSSR count). The molecule has 0 aromatic rings. The Labute approximate surface area is 112 Å². The number of carbonyl (C=O) groups is 1. The maximum atomic E-state index is 11.6. The van der Waals surface area contributed by atoms with Gasteiger partial charge in [0, 0.05) is 5.41 Å². The predicted molar refractivity (Wildman–Crippen MR) is 70.0 cm³/mol. The molecule has 4 aliphatic rings. The maximum absolute atomic E-state index is 11.6. The molecule has 3 heteroatoms. The monoisotopic (exact) mass is 300 g/mol. The van der Waals surface area contributed by atoms with Crippen molar-refractivity contribution in [3.63, 3.8) is 0 Å². The third kappa shape index (κ3) is 1.85. The summed E-state index contributed by atoms with van der Waals surface area (Å²) in [5.41, 5.74) is 0.326. The van der Waals surface area contributed by atoms with Crippen LogP contribution in [0.1, 0.15) is 45.4 Å². The van der Waals surface area contributed by atoms with Gasteiger partial charge in [0.25, 0.3) is 0 Å². The van der Waals surface area contributed by atoms with Crippen LogP contribution in [-0.4, -0.2) is 17.4 Å². The van der Waals surface area contributed by atoms with Crippen LogP contribution in [0.15, 0.2) is 0 Å². The van der Waals surface area contributed by atoms with Gasteiger partial charge in [0.05, 0.1) is 0 Å². The Hall–Kier alpha value is -0.0500. The zero-order valence-electron chi connectivity index (χ0n) is 10.5. The summed E-state index contributed by atoms with van der Waals surface area (Å²) < 4.78 is 5.78. The number of carbonyl (C=O) groups excluding carboxylic acids is 1. The Kier molecular flexibility index (Phi) is 3.00. The van der Waals surface area contributed by atoms with E-state index in [1.165, 1.54) is 38.5 Å². The molecule has 4 aliphatic carbocycles. The lowest BCUT2D eigenvalue weighted by Gasteiger charge is -2.60. The number of rotatable bonds is 3. The lowest BCUT2D eigenvalue weighted by Crippen LogP contribution is -2.57. The van der Waals surface area contributed by atoms with Crippen molar-refractivity contribution < 1.29 is 9.53 Å². The minimum atomic E-state index is -0.0738. The standard InChI is InChI=1S/C14H21BrO2/c1-2-14-6-9-3-10(7-14)5-11(4-9)13(14)17-12(16)8-15/h9-11,13H,2-8H2,1H3. The zero-order valence-corrected chi connectivity index (χ0v) is 12.0. The van der Waals surface area contributed by atoms with E-state index in [1.807, 2.05) is 0 Å². The second-order valence-electron chi connectivity index (χ2n) is 6.37. The molecule has 4 fully saturated rings. The van der Waals surface area contributed by atoms with E-state index in [0.29, 0.717) is 16.7 Å². The van der Waals surface area contributed by atoms with Crippen molar-refractivity contribution in [2.75, 3.05) is 5.33 Å². The fraction of sp³-hybridized carbons (Fsp3) is 0.929. The summed E-state index contributed by atoms with van der Waals surface area (Å²) in [7, 11) is 0. The van der Waals surface area contributed by atoms with Crippen LogP contribution in [0.2, 0.25) is 0 Å². The molecule has 0 radical (unpaired) electrons. The summed E-state index contributed by atoms with van der Waals surface area (Å²) in [5.74, 6) is 2.43. The first-order valence-corrected chi connectivity index (χ1v) is 8.04. The van der Waals surface area contributed by atoms with Crippen LogP contribution in [0, 0.1) is 23.2 Å². The highest BCUT2D eigenvalue weighted by molar-refractivity contribution is 9.09. The third-order valence-electron chi connectivity index (χ3n) is 5.43. The molecule has 17 heavy (non-hydrogen) atoms. The Balaban J connectivity index is 1.84. The van der Waals surface area contributed by atoms with Gasteiger partial charge < -0.3 is 4.74 Å². The molecule has 4 saturated carbocycles. The summed E-state index contributed by atoms with van der Waals surface area (Å²) >= 11 is 3.21. The fourth-order valence-electron chi connectivity index (χ4n) is 5.05. The third-order valence-corrected chi connectivity index (χ3v) is 5.89. The number of halogens is 1. The van der Waals surface area contributed by atoms with Crippen LogP contribution in [0.5, 0.6) is 0 Å². The van der Waals surface area contributed by atoms with E-state index in [1.54, 1.807) is 0 Å². The normalized spacial score (nSPS) is 47.2. The summed E-state index contributed by atoms with van der Waals surface area (Å²) in [4.78, 5) is 11.6. The van der Waals surface area contributed by atoms with Crippen molar-refractivity contribution in [1.29, 1.82) is 0 Å². The first-order chi connectivity index (χ1) is 8.16. The van der Waals surface area contributed by atoms with Crippen LogP contribution in [0.3, 0.4) is 0 Å². The average Bonchev–Trinajstić information content (AvgIpc) is 2.32. The van der Waals surface area contributed by atoms with Crippen LogP contribution < -0.4 is 0 Å². The summed E-state index contributed by atoms with van der Waals surface area (Å²) in [6, 6.07) is 0. The predicted octanol–water partition coefficient (Wildman–Crippen LogP) is 3.53. The second-order valence-corrected chi connectivity index (χ2v) is 6.93. The van der Waals surface area contributed by atoms with Crippen molar-refractivity contribution >= 4 is 21.9 Å². The van der Waals surface area contributed by atoms with Crippen LogP contribution in [0.4, 0.5) is 0 Å². The molecular formula is C14H21BrO2. The molecule has 0 saturated heterocycles. The largest absolute Gasteiger partial charge is 0.461 e. The first-order valence-electron chi connectivity index (χ1n) is 6.92. The molecule has 3 atom stereocenters. The lowest BCUT2D eigenvalue weighted by atomic mass is 9.47. The Morgan fingerprint density at radius 1 is 1.29 bits per heavy atom. The molecule has 0 heterocycles. The number of ether oxygens (including phenoxy) is 1. The van der Waals surface area contributed by atoms with E-state index in [4.69, 9.17) is 4.74 Å². The van der Waals surface area contributed by atoms with E-state index >= 15 is 0 Å². The summed E-state index contributed by atoms with van der Waals surface area (Å²) in [6.07, 6.45) is 8.05. The zero-order chi connectivity index (χ0) is 12.0. The smallest absolute Gasteiger partial charge is 0.316 e. The van der Waals surface area contributed by atoms with Crippen molar-refractivity contribution in [2.45, 2.75) is 51.6 Å². The molecule has 2 nitrogen and oxygen atoms in total. The number of esters is 1. The highest BCUT2D eigenvalue weighted by Gasteiger charge is 2.57. The minimum absolute atomic E-state index is 0.0738. The molecule has 0 aliphatic heterocycles. The quantitative estimate of drug-likeness (QED) is 0.589. The molecule has 0 spiro atoms. The number of alkyl halides is 1.